The van der Waals surface area contributed by atoms with E-state index in [0.717, 1.165) is 0 Å². The number of rotatable bonds is 5. The van der Waals surface area contributed by atoms with Crippen LogP contribution in [0.2, 0.25) is 0 Å². The first-order valence-corrected chi connectivity index (χ1v) is 8.75. The van der Waals surface area contributed by atoms with Crippen molar-refractivity contribution in [1.29, 1.82) is 0 Å². The molecule has 1 aliphatic heterocycles. The van der Waals surface area contributed by atoms with Crippen LogP contribution in [0.25, 0.3) is 0 Å². The fourth-order valence-corrected chi connectivity index (χ4v) is 3.80. The Morgan fingerprint density at radius 2 is 2.20 bits per heavy atom. The second-order valence-corrected chi connectivity index (χ2v) is 6.94. The number of hydrogen-bond acceptors (Lipinski definition) is 6. The largest absolute Gasteiger partial charge is 1.00 e. The van der Waals surface area contributed by atoms with Crippen LogP contribution in [-0.2, 0) is 18.9 Å². The van der Waals surface area contributed by atoms with Crippen LogP contribution in [-0.4, -0.2) is 52.1 Å². The quantitative estimate of drug-likeness (QED) is 0.318. The molecular formula is C10H17NNaO6PS. The number of carbonyl (C=O) groups is 2. The molecule has 0 aromatic rings. The number of hydrogen-bond donors (Lipinski definition) is 1. The van der Waals surface area contributed by atoms with Crippen LogP contribution < -0.4 is 34.5 Å². The fourth-order valence-electron chi connectivity index (χ4n) is 1.80. The zero-order valence-electron chi connectivity index (χ0n) is 11.8. The number of amides is 1. The molecule has 0 aromatic heterocycles. The van der Waals surface area contributed by atoms with E-state index in [1.54, 1.807) is 6.92 Å². The third-order valence-electron chi connectivity index (χ3n) is 2.65. The summed E-state index contributed by atoms with van der Waals surface area (Å²) in [7, 11) is -4.49. The van der Waals surface area contributed by atoms with Crippen molar-refractivity contribution in [2.75, 3.05) is 24.4 Å². The zero-order valence-corrected chi connectivity index (χ0v) is 15.5. The first-order valence-electron chi connectivity index (χ1n) is 5.84. The van der Waals surface area contributed by atoms with Crippen LogP contribution in [0.1, 0.15) is 13.8 Å². The molecule has 1 saturated heterocycles. The van der Waals surface area contributed by atoms with E-state index in [1.807, 2.05) is 0 Å². The summed E-state index contributed by atoms with van der Waals surface area (Å²) in [5, 5.41) is 0. The Labute approximate surface area is 144 Å². The maximum atomic E-state index is 12.1. The van der Waals surface area contributed by atoms with Gasteiger partial charge in [-0.25, -0.2) is 4.79 Å². The summed E-state index contributed by atoms with van der Waals surface area (Å²) in [4.78, 5) is 44.6. The molecule has 3 atom stereocenters. The van der Waals surface area contributed by atoms with Crippen molar-refractivity contribution in [1.82, 2.24) is 4.90 Å². The van der Waals surface area contributed by atoms with Gasteiger partial charge in [0.15, 0.2) is 0 Å². The van der Waals surface area contributed by atoms with E-state index in [1.165, 1.54) is 23.6 Å². The number of carbonyl (C=O) groups excluding carboxylic acids is 2. The molecule has 7 nitrogen and oxygen atoms in total. The minimum atomic E-state index is -4.49. The number of thioether (sulfide) groups is 1. The molecule has 3 unspecified atom stereocenters. The molecule has 0 spiro atoms. The molecule has 0 aromatic carbocycles. The van der Waals surface area contributed by atoms with Crippen LogP contribution in [0, 0.1) is 5.92 Å². The van der Waals surface area contributed by atoms with Gasteiger partial charge in [-0.05, 0) is 6.92 Å². The standard InChI is InChI=1S/C10H18NO6PS.Na/c1-3-17-10(13)8-5-19-6-11(8)9(12)7(2)4-18(14,15)16;/h7-8H,3-6H2,1-2H3,(H2,14,15,16);/q;+1/p-1. The average Bonchev–Trinajstić information content (AvgIpc) is 2.74. The van der Waals surface area contributed by atoms with Crippen molar-refractivity contribution in [3.63, 3.8) is 0 Å². The van der Waals surface area contributed by atoms with Gasteiger partial charge in [0, 0.05) is 17.8 Å². The van der Waals surface area contributed by atoms with E-state index in [-0.39, 0.29) is 36.2 Å². The van der Waals surface area contributed by atoms with Crippen molar-refractivity contribution in [2.45, 2.75) is 19.9 Å². The number of ether oxygens (including phenoxy) is 1. The van der Waals surface area contributed by atoms with Crippen molar-refractivity contribution in [3.05, 3.63) is 0 Å². The van der Waals surface area contributed by atoms with Crippen LogP contribution in [0.5, 0.6) is 0 Å². The first-order chi connectivity index (χ1) is 8.76. The van der Waals surface area contributed by atoms with Crippen molar-refractivity contribution < 1.29 is 58.2 Å². The van der Waals surface area contributed by atoms with Gasteiger partial charge in [0.1, 0.15) is 13.6 Å². The van der Waals surface area contributed by atoms with Crippen LogP contribution in [0.4, 0.5) is 0 Å². The summed E-state index contributed by atoms with van der Waals surface area (Å²) >= 11 is 1.40. The van der Waals surface area contributed by atoms with Crippen molar-refractivity contribution >= 4 is 31.2 Å². The third kappa shape index (κ3) is 6.05. The van der Waals surface area contributed by atoms with Gasteiger partial charge >= 0.3 is 35.5 Å². The third-order valence-corrected chi connectivity index (χ3v) is 4.67. The van der Waals surface area contributed by atoms with Crippen LogP contribution in [0.3, 0.4) is 0 Å². The van der Waals surface area contributed by atoms with Crippen LogP contribution >= 0.6 is 19.4 Å². The van der Waals surface area contributed by atoms with Crippen molar-refractivity contribution in [3.8, 4) is 0 Å². The Bertz CT molecular complexity index is 403. The van der Waals surface area contributed by atoms with E-state index in [9.17, 15) is 19.0 Å². The predicted molar refractivity (Wildman–Crippen MR) is 68.4 cm³/mol. The van der Waals surface area contributed by atoms with E-state index < -0.39 is 37.6 Å². The van der Waals surface area contributed by atoms with Gasteiger partial charge in [-0.2, -0.15) is 0 Å². The normalized spacial score (nSPS) is 22.6. The minimum Gasteiger partial charge on any atom is -0.779 e. The van der Waals surface area contributed by atoms with Gasteiger partial charge < -0.3 is 24.0 Å². The van der Waals surface area contributed by atoms with Gasteiger partial charge in [0.05, 0.1) is 12.5 Å². The summed E-state index contributed by atoms with van der Waals surface area (Å²) in [6.07, 6.45) is -0.622. The Balaban J connectivity index is 0.00000361. The van der Waals surface area contributed by atoms with E-state index in [2.05, 4.69) is 0 Å². The van der Waals surface area contributed by atoms with E-state index in [0.29, 0.717) is 11.6 Å². The molecule has 20 heavy (non-hydrogen) atoms. The van der Waals surface area contributed by atoms with E-state index in [4.69, 9.17) is 9.63 Å². The Kier molecular flexibility index (Phi) is 8.97. The summed E-state index contributed by atoms with van der Waals surface area (Å²) in [6, 6.07) is -0.676. The monoisotopic (exact) mass is 333 g/mol. The van der Waals surface area contributed by atoms with Gasteiger partial charge in [-0.1, -0.05) is 6.92 Å². The maximum absolute atomic E-state index is 12.1. The fraction of sp³-hybridized carbons (Fsp3) is 0.800. The predicted octanol–water partition coefficient (Wildman–Crippen LogP) is -3.36. The summed E-state index contributed by atoms with van der Waals surface area (Å²) in [6.45, 7) is 3.31. The Morgan fingerprint density at radius 1 is 1.60 bits per heavy atom. The average molecular weight is 333 g/mol. The number of nitrogens with zero attached hydrogens (tertiary/aromatic N) is 1. The van der Waals surface area contributed by atoms with Crippen molar-refractivity contribution in [2.24, 2.45) is 5.92 Å². The molecule has 1 N–H and O–H groups in total. The summed E-state index contributed by atoms with van der Waals surface area (Å²) < 4.78 is 15.7. The van der Waals surface area contributed by atoms with Gasteiger partial charge in [0.25, 0.3) is 0 Å². The van der Waals surface area contributed by atoms with Crippen LogP contribution in [0.15, 0.2) is 0 Å². The molecule has 1 aliphatic rings. The maximum Gasteiger partial charge on any atom is 1.00 e. The molecule has 0 saturated carbocycles. The molecule has 1 heterocycles. The Hall–Kier alpha value is 0.440. The summed E-state index contributed by atoms with van der Waals surface area (Å²) in [5.41, 5.74) is 0. The molecule has 1 amide bonds. The van der Waals surface area contributed by atoms with Gasteiger partial charge in [-0.15, -0.1) is 11.8 Å². The molecule has 1 fully saturated rings. The molecule has 10 heteroatoms. The van der Waals surface area contributed by atoms with Gasteiger partial charge in [-0.3, -0.25) is 4.79 Å². The Morgan fingerprint density at radius 3 is 2.70 bits per heavy atom. The second kappa shape index (κ2) is 8.78. The molecule has 0 aliphatic carbocycles. The second-order valence-electron chi connectivity index (χ2n) is 4.30. The molecule has 1 rings (SSSR count). The zero-order chi connectivity index (χ0) is 14.6. The molecular weight excluding hydrogens is 316 g/mol. The number of esters is 1. The summed E-state index contributed by atoms with van der Waals surface area (Å²) in [5.74, 6) is -1.08. The smallest absolute Gasteiger partial charge is 0.779 e. The van der Waals surface area contributed by atoms with Gasteiger partial charge in [0.2, 0.25) is 5.91 Å². The molecule has 0 radical (unpaired) electrons. The molecule has 0 bridgehead atoms. The topological polar surface area (TPSA) is 107 Å². The minimum absolute atomic E-state index is 0. The first kappa shape index (κ1) is 20.4. The molecule has 110 valence electrons. The SMILES string of the molecule is CCOC(=O)C1CSCN1C(=O)C(C)CP(=O)([O-])O.[Na+]. The van der Waals surface area contributed by atoms with E-state index >= 15 is 0 Å².